The first kappa shape index (κ1) is 47.2. The van der Waals surface area contributed by atoms with Crippen molar-refractivity contribution in [3.8, 4) is 0 Å². The molecule has 4 aromatic rings. The summed E-state index contributed by atoms with van der Waals surface area (Å²) in [6, 6.07) is 43.5. The molecule has 4 aromatic carbocycles. The van der Waals surface area contributed by atoms with Crippen LogP contribution in [-0.4, -0.2) is 12.3 Å². The molecule has 0 unspecified atom stereocenters. The van der Waals surface area contributed by atoms with E-state index in [0.717, 1.165) is 12.8 Å². The second-order valence-electron chi connectivity index (χ2n) is 8.06. The topological polar surface area (TPSA) is 0 Å². The summed E-state index contributed by atoms with van der Waals surface area (Å²) >= 11 is 0. The fourth-order valence-corrected chi connectivity index (χ4v) is 8.62. The molecule has 0 heterocycles. The zero-order valence-corrected chi connectivity index (χ0v) is 30.2. The Morgan fingerprint density at radius 2 is 0.575 bits per heavy atom. The Morgan fingerprint density at radius 1 is 0.375 bits per heavy atom. The number of rotatable bonds is 10. The molecule has 0 aromatic heterocycles. The summed E-state index contributed by atoms with van der Waals surface area (Å²) in [4.78, 5) is 0. The van der Waals surface area contributed by atoms with Crippen LogP contribution in [0, 0.1) is 13.8 Å². The van der Waals surface area contributed by atoms with E-state index >= 15 is 0 Å². The minimum absolute atomic E-state index is 0. The molecule has 0 saturated carbocycles. The molecule has 0 nitrogen and oxygen atoms in total. The van der Waals surface area contributed by atoms with Gasteiger partial charge in [-0.05, 0) is 49.4 Å². The Labute approximate surface area is 298 Å². The molecular weight excluding hydrogens is 801 g/mol. The van der Waals surface area contributed by atoms with Crippen molar-refractivity contribution < 1.29 is 90.5 Å². The van der Waals surface area contributed by atoms with Crippen LogP contribution < -0.4 is 70.8 Å². The molecular formula is C32H36Cl4P2Pd2-2. The molecule has 0 aliphatic carbocycles. The van der Waals surface area contributed by atoms with Gasteiger partial charge in [-0.1, -0.05) is 134 Å². The summed E-state index contributed by atoms with van der Waals surface area (Å²) in [5.74, 6) is 0. The van der Waals surface area contributed by atoms with E-state index in [9.17, 15) is 0 Å². The smallest absolute Gasteiger partial charge is 1.00 e. The SMILES string of the molecule is [CH2-]CCCP(c1ccccc1)c1ccccc1.[CH2-]CCCP(c1ccccc1)c1ccccc1.[Cl-].[Cl-].[Cl-].[Cl-].[Pd+2].[Pd+2]. The third-order valence-corrected chi connectivity index (χ3v) is 10.7. The van der Waals surface area contributed by atoms with E-state index in [1.807, 2.05) is 0 Å². The number of unbranched alkanes of at least 4 members (excludes halogenated alkanes) is 2. The van der Waals surface area contributed by atoms with Gasteiger partial charge in [-0.2, -0.15) is 12.8 Å². The quantitative estimate of drug-likeness (QED) is 0.0860. The number of benzene rings is 4. The van der Waals surface area contributed by atoms with Gasteiger partial charge in [-0.3, -0.25) is 0 Å². The number of hydrogen-bond donors (Lipinski definition) is 0. The Morgan fingerprint density at radius 3 is 0.750 bits per heavy atom. The fraction of sp³-hybridized carbons (Fsp3) is 0.188. The first-order valence-corrected chi connectivity index (χ1v) is 15.2. The maximum Gasteiger partial charge on any atom is 2.00 e. The molecule has 0 spiro atoms. The van der Waals surface area contributed by atoms with Crippen molar-refractivity contribution in [1.29, 1.82) is 0 Å². The van der Waals surface area contributed by atoms with Crippen LogP contribution in [0.1, 0.15) is 25.7 Å². The Balaban J connectivity index is -0.000000282. The fourth-order valence-electron chi connectivity index (χ4n) is 3.79. The van der Waals surface area contributed by atoms with Crippen molar-refractivity contribution >= 4 is 37.1 Å². The van der Waals surface area contributed by atoms with Gasteiger partial charge in [0.1, 0.15) is 0 Å². The Kier molecular flexibility index (Phi) is 34.6. The minimum atomic E-state index is -0.197. The van der Waals surface area contributed by atoms with Crippen molar-refractivity contribution in [2.75, 3.05) is 12.3 Å². The second-order valence-corrected chi connectivity index (χ2v) is 12.7. The summed E-state index contributed by atoms with van der Waals surface area (Å²) in [5, 5.41) is 5.90. The standard InChI is InChI=1S/2C16H18P.4ClH.2Pd/c2*1-2-3-14-17(15-10-6-4-7-11-15)16-12-8-5-9-13-16;;;;;;/h2*4-13H,1-3,14H2;4*1H;;/q2*-1;;;;;2*+2/p-4. The van der Waals surface area contributed by atoms with E-state index in [2.05, 4.69) is 135 Å². The first-order valence-electron chi connectivity index (χ1n) is 12.2. The van der Waals surface area contributed by atoms with E-state index in [0.29, 0.717) is 0 Å². The van der Waals surface area contributed by atoms with Crippen LogP contribution in [0.15, 0.2) is 121 Å². The summed E-state index contributed by atoms with van der Waals surface area (Å²) in [6.07, 6.45) is 6.95. The van der Waals surface area contributed by atoms with Gasteiger partial charge < -0.3 is 63.5 Å². The predicted molar refractivity (Wildman–Crippen MR) is 157 cm³/mol. The summed E-state index contributed by atoms with van der Waals surface area (Å²) in [5.41, 5.74) is 0. The van der Waals surface area contributed by atoms with Crippen LogP contribution in [0.3, 0.4) is 0 Å². The van der Waals surface area contributed by atoms with Crippen molar-refractivity contribution in [1.82, 2.24) is 0 Å². The number of hydrogen-bond acceptors (Lipinski definition) is 0. The normalized spacial score (nSPS) is 9.10. The summed E-state index contributed by atoms with van der Waals surface area (Å²) in [7, 11) is -0.394. The zero-order chi connectivity index (χ0) is 23.8. The summed E-state index contributed by atoms with van der Waals surface area (Å²) < 4.78 is 0. The van der Waals surface area contributed by atoms with E-state index < -0.39 is 0 Å². The van der Waals surface area contributed by atoms with E-state index in [-0.39, 0.29) is 106 Å². The van der Waals surface area contributed by atoms with Gasteiger partial charge in [0.05, 0.1) is 0 Å². The van der Waals surface area contributed by atoms with Gasteiger partial charge in [-0.15, -0.1) is 0 Å². The number of halogens is 4. The van der Waals surface area contributed by atoms with Gasteiger partial charge in [0.2, 0.25) is 0 Å². The van der Waals surface area contributed by atoms with Crippen molar-refractivity contribution in [2.45, 2.75) is 25.7 Å². The largest absolute Gasteiger partial charge is 2.00 e. The average molecular weight is 837 g/mol. The van der Waals surface area contributed by atoms with E-state index in [1.165, 1.54) is 46.4 Å². The molecule has 0 amide bonds. The van der Waals surface area contributed by atoms with Crippen LogP contribution in [0.2, 0.25) is 0 Å². The predicted octanol–water partition coefficient (Wildman–Crippen LogP) is -4.52. The first-order chi connectivity index (χ1) is 16.8. The molecule has 0 saturated heterocycles. The van der Waals surface area contributed by atoms with E-state index in [1.54, 1.807) is 0 Å². The van der Waals surface area contributed by atoms with Crippen LogP contribution >= 0.6 is 15.8 Å². The molecule has 0 bridgehead atoms. The molecule has 0 aliphatic heterocycles. The third kappa shape index (κ3) is 16.8. The maximum atomic E-state index is 3.96. The third-order valence-electron chi connectivity index (χ3n) is 5.53. The van der Waals surface area contributed by atoms with Crippen LogP contribution in [0.25, 0.3) is 0 Å². The molecule has 8 heteroatoms. The molecule has 0 N–H and O–H groups in total. The zero-order valence-electron chi connectivity index (χ0n) is 22.2. The Bertz CT molecular complexity index is 881. The molecule has 0 aliphatic rings. The van der Waals surface area contributed by atoms with Gasteiger partial charge in [0.25, 0.3) is 0 Å². The van der Waals surface area contributed by atoms with Gasteiger partial charge in [-0.25, -0.2) is 0 Å². The molecule has 224 valence electrons. The Hall–Kier alpha value is 0.225. The molecule has 0 fully saturated rings. The summed E-state index contributed by atoms with van der Waals surface area (Å²) in [6.45, 7) is 7.91. The van der Waals surface area contributed by atoms with Crippen LogP contribution in [0.4, 0.5) is 0 Å². The molecule has 0 atom stereocenters. The monoisotopic (exact) mass is 834 g/mol. The van der Waals surface area contributed by atoms with Crippen molar-refractivity contribution in [2.24, 2.45) is 0 Å². The van der Waals surface area contributed by atoms with Gasteiger partial charge in [0.15, 0.2) is 0 Å². The minimum Gasteiger partial charge on any atom is -1.00 e. The second kappa shape index (κ2) is 29.3. The van der Waals surface area contributed by atoms with Crippen LogP contribution in [0.5, 0.6) is 0 Å². The van der Waals surface area contributed by atoms with Gasteiger partial charge >= 0.3 is 40.8 Å². The van der Waals surface area contributed by atoms with Crippen molar-refractivity contribution in [3.05, 3.63) is 135 Å². The van der Waals surface area contributed by atoms with E-state index in [4.69, 9.17) is 0 Å². The molecule has 0 radical (unpaired) electrons. The maximum absolute atomic E-state index is 3.96. The molecule has 4 rings (SSSR count). The molecule has 40 heavy (non-hydrogen) atoms. The average Bonchev–Trinajstić information content (AvgIpc) is 2.92. The van der Waals surface area contributed by atoms with Crippen molar-refractivity contribution in [3.63, 3.8) is 0 Å². The van der Waals surface area contributed by atoms with Crippen LogP contribution in [-0.2, 0) is 40.8 Å². The van der Waals surface area contributed by atoms with Gasteiger partial charge in [0, 0.05) is 0 Å².